The SMILES string of the molecule is CC(C)CN(C)CCC(=O)Nc1ccc(N)cc1Cl. The lowest BCUT2D eigenvalue weighted by Crippen LogP contribution is -2.27. The van der Waals surface area contributed by atoms with Gasteiger partial charge in [0.25, 0.3) is 0 Å². The molecule has 0 aliphatic rings. The second-order valence-electron chi connectivity index (χ2n) is 5.19. The summed E-state index contributed by atoms with van der Waals surface area (Å²) in [6.45, 7) is 6.03. The van der Waals surface area contributed by atoms with Gasteiger partial charge in [-0.25, -0.2) is 0 Å². The number of nitrogens with two attached hydrogens (primary N) is 1. The van der Waals surface area contributed by atoms with Crippen molar-refractivity contribution in [3.05, 3.63) is 23.2 Å². The monoisotopic (exact) mass is 283 g/mol. The van der Waals surface area contributed by atoms with Crippen LogP contribution in [0.5, 0.6) is 0 Å². The van der Waals surface area contributed by atoms with E-state index < -0.39 is 0 Å². The minimum atomic E-state index is -0.0396. The zero-order valence-electron chi connectivity index (χ0n) is 11.7. The summed E-state index contributed by atoms with van der Waals surface area (Å²) in [5.41, 5.74) is 6.79. The number of anilines is 2. The number of rotatable bonds is 6. The summed E-state index contributed by atoms with van der Waals surface area (Å²) in [6.07, 6.45) is 0.448. The van der Waals surface area contributed by atoms with Crippen molar-refractivity contribution in [3.8, 4) is 0 Å². The number of nitrogen functional groups attached to an aromatic ring is 1. The summed E-state index contributed by atoms with van der Waals surface area (Å²) >= 11 is 6.00. The van der Waals surface area contributed by atoms with E-state index in [0.29, 0.717) is 28.7 Å². The lowest BCUT2D eigenvalue weighted by Gasteiger charge is -2.18. The summed E-state index contributed by atoms with van der Waals surface area (Å²) in [5.74, 6) is 0.557. The van der Waals surface area contributed by atoms with E-state index in [4.69, 9.17) is 17.3 Å². The van der Waals surface area contributed by atoms with E-state index >= 15 is 0 Å². The maximum Gasteiger partial charge on any atom is 0.225 e. The van der Waals surface area contributed by atoms with Crippen molar-refractivity contribution in [2.24, 2.45) is 5.92 Å². The van der Waals surface area contributed by atoms with Crippen molar-refractivity contribution in [1.82, 2.24) is 4.90 Å². The van der Waals surface area contributed by atoms with Crippen LogP contribution in [0.3, 0.4) is 0 Å². The van der Waals surface area contributed by atoms with Crippen LogP contribution in [0.2, 0.25) is 5.02 Å². The topological polar surface area (TPSA) is 58.4 Å². The molecule has 0 saturated heterocycles. The number of carbonyl (C=O) groups excluding carboxylic acids is 1. The maximum absolute atomic E-state index is 11.8. The Morgan fingerprint density at radius 2 is 2.16 bits per heavy atom. The lowest BCUT2D eigenvalue weighted by molar-refractivity contribution is -0.116. The molecule has 1 aromatic rings. The Labute approximate surface area is 119 Å². The fourth-order valence-electron chi connectivity index (χ4n) is 1.85. The van der Waals surface area contributed by atoms with Crippen molar-refractivity contribution >= 4 is 28.9 Å². The van der Waals surface area contributed by atoms with E-state index in [-0.39, 0.29) is 5.91 Å². The molecule has 0 unspecified atom stereocenters. The standard InChI is InChI=1S/C14H22ClN3O/c1-10(2)9-18(3)7-6-14(19)17-13-5-4-11(16)8-12(13)15/h4-5,8,10H,6-7,9,16H2,1-3H3,(H,17,19). The molecule has 3 N–H and O–H groups in total. The summed E-state index contributed by atoms with van der Waals surface area (Å²) in [7, 11) is 2.02. The molecule has 0 atom stereocenters. The Balaban J connectivity index is 2.43. The first-order valence-electron chi connectivity index (χ1n) is 6.42. The molecule has 1 aromatic carbocycles. The third-order valence-corrected chi connectivity index (χ3v) is 2.98. The molecule has 1 amide bonds. The van der Waals surface area contributed by atoms with Crippen LogP contribution >= 0.6 is 11.6 Å². The largest absolute Gasteiger partial charge is 0.399 e. The highest BCUT2D eigenvalue weighted by Gasteiger charge is 2.08. The number of halogens is 1. The van der Waals surface area contributed by atoms with E-state index in [9.17, 15) is 4.79 Å². The molecule has 5 heteroatoms. The number of hydrogen-bond acceptors (Lipinski definition) is 3. The summed E-state index contributed by atoms with van der Waals surface area (Å²) in [5, 5.41) is 3.25. The van der Waals surface area contributed by atoms with Crippen LogP contribution < -0.4 is 11.1 Å². The van der Waals surface area contributed by atoms with Crippen LogP contribution in [0.1, 0.15) is 20.3 Å². The predicted octanol–water partition coefficient (Wildman–Crippen LogP) is 2.84. The first kappa shape index (κ1) is 15.8. The molecular formula is C14H22ClN3O. The van der Waals surface area contributed by atoms with Gasteiger partial charge in [0.1, 0.15) is 0 Å². The van der Waals surface area contributed by atoms with Gasteiger partial charge in [-0.1, -0.05) is 25.4 Å². The highest BCUT2D eigenvalue weighted by molar-refractivity contribution is 6.34. The number of amides is 1. The first-order valence-corrected chi connectivity index (χ1v) is 6.79. The summed E-state index contributed by atoms with van der Waals surface area (Å²) in [6, 6.07) is 5.06. The molecule has 19 heavy (non-hydrogen) atoms. The average Bonchev–Trinajstić information content (AvgIpc) is 2.29. The number of hydrogen-bond donors (Lipinski definition) is 2. The highest BCUT2D eigenvalue weighted by atomic mass is 35.5. The van der Waals surface area contributed by atoms with Crippen LogP contribution in [0.4, 0.5) is 11.4 Å². The molecule has 0 aromatic heterocycles. The van der Waals surface area contributed by atoms with Crippen LogP contribution in [0, 0.1) is 5.92 Å². The van der Waals surface area contributed by atoms with E-state index in [1.807, 2.05) is 7.05 Å². The van der Waals surface area contributed by atoms with Gasteiger partial charge >= 0.3 is 0 Å². The molecule has 1 rings (SSSR count). The Hall–Kier alpha value is -1.26. The Kier molecular flexibility index (Phi) is 6.12. The minimum Gasteiger partial charge on any atom is -0.399 e. The van der Waals surface area contributed by atoms with E-state index in [1.54, 1.807) is 18.2 Å². The third kappa shape index (κ3) is 5.94. The molecule has 106 valence electrons. The summed E-state index contributed by atoms with van der Waals surface area (Å²) in [4.78, 5) is 14.0. The fourth-order valence-corrected chi connectivity index (χ4v) is 2.09. The van der Waals surface area contributed by atoms with Crippen molar-refractivity contribution < 1.29 is 4.79 Å². The van der Waals surface area contributed by atoms with E-state index in [1.165, 1.54) is 0 Å². The predicted molar refractivity (Wildman–Crippen MR) is 81.4 cm³/mol. The molecule has 0 saturated carbocycles. The third-order valence-electron chi connectivity index (χ3n) is 2.66. The average molecular weight is 284 g/mol. The molecule has 0 bridgehead atoms. The molecule has 0 heterocycles. The first-order chi connectivity index (χ1) is 8.88. The number of carbonyl (C=O) groups is 1. The molecule has 4 nitrogen and oxygen atoms in total. The van der Waals surface area contributed by atoms with Gasteiger partial charge < -0.3 is 16.0 Å². The number of benzene rings is 1. The van der Waals surface area contributed by atoms with Crippen LogP contribution in [-0.4, -0.2) is 30.9 Å². The lowest BCUT2D eigenvalue weighted by atomic mass is 10.2. The smallest absolute Gasteiger partial charge is 0.225 e. The van der Waals surface area contributed by atoms with E-state index in [2.05, 4.69) is 24.1 Å². The van der Waals surface area contributed by atoms with Gasteiger partial charge in [0.15, 0.2) is 0 Å². The summed E-state index contributed by atoms with van der Waals surface area (Å²) < 4.78 is 0. The van der Waals surface area contributed by atoms with Crippen molar-refractivity contribution in [1.29, 1.82) is 0 Å². The molecular weight excluding hydrogens is 262 g/mol. The molecule has 0 radical (unpaired) electrons. The normalized spacial score (nSPS) is 11.1. The van der Waals surface area contributed by atoms with Gasteiger partial charge in [-0.3, -0.25) is 4.79 Å². The zero-order valence-corrected chi connectivity index (χ0v) is 12.5. The second kappa shape index (κ2) is 7.36. The quantitative estimate of drug-likeness (QED) is 0.789. The van der Waals surface area contributed by atoms with Crippen molar-refractivity contribution in [2.45, 2.75) is 20.3 Å². The van der Waals surface area contributed by atoms with Crippen LogP contribution in [0.25, 0.3) is 0 Å². The van der Waals surface area contributed by atoms with Gasteiger partial charge in [0, 0.05) is 25.2 Å². The van der Waals surface area contributed by atoms with Crippen LogP contribution in [0.15, 0.2) is 18.2 Å². The number of nitrogens with one attached hydrogen (secondary N) is 1. The van der Waals surface area contributed by atoms with E-state index in [0.717, 1.165) is 13.1 Å². The van der Waals surface area contributed by atoms with Gasteiger partial charge in [-0.2, -0.15) is 0 Å². The Morgan fingerprint density at radius 3 is 2.74 bits per heavy atom. The fraction of sp³-hybridized carbons (Fsp3) is 0.500. The zero-order chi connectivity index (χ0) is 14.4. The van der Waals surface area contributed by atoms with Gasteiger partial charge in [-0.05, 0) is 31.2 Å². The molecule has 0 fully saturated rings. The van der Waals surface area contributed by atoms with Gasteiger partial charge in [0.2, 0.25) is 5.91 Å². The number of nitrogens with zero attached hydrogens (tertiary/aromatic N) is 1. The Bertz CT molecular complexity index is 435. The van der Waals surface area contributed by atoms with Gasteiger partial charge in [0.05, 0.1) is 10.7 Å². The molecule has 0 spiro atoms. The van der Waals surface area contributed by atoms with Crippen LogP contribution in [-0.2, 0) is 4.79 Å². The van der Waals surface area contributed by atoms with Gasteiger partial charge in [-0.15, -0.1) is 0 Å². The highest BCUT2D eigenvalue weighted by Crippen LogP contribution is 2.24. The van der Waals surface area contributed by atoms with Crippen molar-refractivity contribution in [2.75, 3.05) is 31.2 Å². The van der Waals surface area contributed by atoms with Crippen molar-refractivity contribution in [3.63, 3.8) is 0 Å². The molecule has 0 aliphatic heterocycles. The Morgan fingerprint density at radius 1 is 1.47 bits per heavy atom. The molecule has 0 aliphatic carbocycles. The maximum atomic E-state index is 11.8. The second-order valence-corrected chi connectivity index (χ2v) is 5.60. The minimum absolute atomic E-state index is 0.0396.